The van der Waals surface area contributed by atoms with Crippen molar-refractivity contribution >= 4 is 0 Å². The van der Waals surface area contributed by atoms with Crippen LogP contribution in [0.5, 0.6) is 0 Å². The molecule has 1 N–H and O–H groups in total. The molecule has 114 valence electrons. The molecule has 1 aliphatic heterocycles. The van der Waals surface area contributed by atoms with Crippen molar-refractivity contribution in [3.05, 3.63) is 0 Å². The van der Waals surface area contributed by atoms with Crippen molar-refractivity contribution in [1.82, 2.24) is 15.1 Å². The highest BCUT2D eigenvalue weighted by Gasteiger charge is 2.24. The minimum absolute atomic E-state index is 0.271. The molecular weight excluding hydrogens is 234 g/mol. The number of hydrogen-bond donors (Lipinski definition) is 1. The first-order valence-electron chi connectivity index (χ1n) is 8.12. The van der Waals surface area contributed by atoms with Crippen LogP contribution in [-0.4, -0.2) is 60.1 Å². The molecule has 1 heterocycles. The Balaban J connectivity index is 2.31. The van der Waals surface area contributed by atoms with E-state index in [4.69, 9.17) is 0 Å². The van der Waals surface area contributed by atoms with Gasteiger partial charge in [0.2, 0.25) is 0 Å². The summed E-state index contributed by atoms with van der Waals surface area (Å²) in [4.78, 5) is 5.27. The van der Waals surface area contributed by atoms with Crippen LogP contribution in [-0.2, 0) is 0 Å². The fourth-order valence-corrected chi connectivity index (χ4v) is 2.56. The highest BCUT2D eigenvalue weighted by atomic mass is 15.3. The van der Waals surface area contributed by atoms with E-state index in [1.165, 1.54) is 39.0 Å². The molecule has 0 bridgehead atoms. The molecule has 0 aromatic rings. The normalized spacial score (nSPS) is 22.4. The van der Waals surface area contributed by atoms with Gasteiger partial charge in [-0.25, -0.2) is 0 Å². The summed E-state index contributed by atoms with van der Waals surface area (Å²) >= 11 is 0. The van der Waals surface area contributed by atoms with Gasteiger partial charge in [0.15, 0.2) is 0 Å². The number of rotatable bonds is 7. The molecule has 0 aromatic heterocycles. The first-order valence-corrected chi connectivity index (χ1v) is 8.12. The maximum absolute atomic E-state index is 3.70. The third-order valence-electron chi connectivity index (χ3n) is 4.95. The molecule has 0 spiro atoms. The van der Waals surface area contributed by atoms with Gasteiger partial charge < -0.3 is 5.32 Å². The van der Waals surface area contributed by atoms with Crippen molar-refractivity contribution in [2.45, 2.75) is 72.0 Å². The molecular formula is C16H35N3. The lowest BCUT2D eigenvalue weighted by atomic mass is 10.0. The topological polar surface area (TPSA) is 18.5 Å². The third kappa shape index (κ3) is 5.41. The maximum Gasteiger partial charge on any atom is 0.0193 e. The van der Waals surface area contributed by atoms with Crippen LogP contribution in [0.2, 0.25) is 0 Å². The van der Waals surface area contributed by atoms with Crippen LogP contribution in [0.3, 0.4) is 0 Å². The van der Waals surface area contributed by atoms with Crippen LogP contribution in [0.1, 0.15) is 54.4 Å². The predicted octanol–water partition coefficient (Wildman–Crippen LogP) is 2.57. The summed E-state index contributed by atoms with van der Waals surface area (Å²) < 4.78 is 0. The van der Waals surface area contributed by atoms with Gasteiger partial charge in [0.1, 0.15) is 0 Å². The zero-order chi connectivity index (χ0) is 14.5. The lowest BCUT2D eigenvalue weighted by molar-refractivity contribution is 0.0748. The lowest BCUT2D eigenvalue weighted by Gasteiger charge is -2.41. The molecule has 1 rings (SSSR count). The molecule has 0 aromatic carbocycles. The molecule has 3 heteroatoms. The summed E-state index contributed by atoms with van der Waals surface area (Å²) in [7, 11) is 0. The molecule has 0 aliphatic carbocycles. The second-order valence-electron chi connectivity index (χ2n) is 6.80. The Morgan fingerprint density at radius 1 is 0.947 bits per heavy atom. The maximum atomic E-state index is 3.70. The lowest BCUT2D eigenvalue weighted by Crippen LogP contribution is -2.55. The van der Waals surface area contributed by atoms with Gasteiger partial charge in [0, 0.05) is 50.3 Å². The summed E-state index contributed by atoms with van der Waals surface area (Å²) in [6, 6.07) is 1.39. The zero-order valence-electron chi connectivity index (χ0n) is 14.0. The van der Waals surface area contributed by atoms with E-state index >= 15 is 0 Å². The van der Waals surface area contributed by atoms with Crippen LogP contribution in [0.4, 0.5) is 0 Å². The Kier molecular flexibility index (Phi) is 6.78. The van der Waals surface area contributed by atoms with Gasteiger partial charge in [0.25, 0.3) is 0 Å². The molecule has 19 heavy (non-hydrogen) atoms. The molecule has 2 atom stereocenters. The second-order valence-corrected chi connectivity index (χ2v) is 6.80. The van der Waals surface area contributed by atoms with E-state index in [9.17, 15) is 0 Å². The SMILES string of the molecule is CCC(C)N1CCN(C(C)CNC(C)(C)CC)CC1. The highest BCUT2D eigenvalue weighted by molar-refractivity contribution is 4.82. The first kappa shape index (κ1) is 16.9. The highest BCUT2D eigenvalue weighted by Crippen LogP contribution is 2.12. The predicted molar refractivity (Wildman–Crippen MR) is 84.7 cm³/mol. The number of nitrogens with one attached hydrogen (secondary N) is 1. The molecule has 0 amide bonds. The summed E-state index contributed by atoms with van der Waals surface area (Å²) in [6.07, 6.45) is 2.45. The van der Waals surface area contributed by atoms with E-state index in [0.717, 1.165) is 12.6 Å². The monoisotopic (exact) mass is 269 g/mol. The van der Waals surface area contributed by atoms with Crippen molar-refractivity contribution in [3.8, 4) is 0 Å². The van der Waals surface area contributed by atoms with Gasteiger partial charge in [-0.05, 0) is 40.5 Å². The Morgan fingerprint density at radius 3 is 1.84 bits per heavy atom. The Hall–Kier alpha value is -0.120. The van der Waals surface area contributed by atoms with Crippen LogP contribution in [0.15, 0.2) is 0 Å². The van der Waals surface area contributed by atoms with Crippen LogP contribution < -0.4 is 5.32 Å². The van der Waals surface area contributed by atoms with Crippen LogP contribution in [0.25, 0.3) is 0 Å². The van der Waals surface area contributed by atoms with Crippen molar-refractivity contribution in [2.24, 2.45) is 0 Å². The van der Waals surface area contributed by atoms with E-state index in [-0.39, 0.29) is 5.54 Å². The first-order chi connectivity index (χ1) is 8.89. The Labute approximate surface area is 120 Å². The summed E-state index contributed by atoms with van der Waals surface area (Å²) in [5.41, 5.74) is 0.271. The quantitative estimate of drug-likeness (QED) is 0.766. The standard InChI is InChI=1S/C16H35N3/c1-7-14(3)18-9-11-19(12-10-18)15(4)13-17-16(5,6)8-2/h14-15,17H,7-13H2,1-6H3. The average molecular weight is 269 g/mol. The van der Waals surface area contributed by atoms with Crippen LogP contribution in [0, 0.1) is 0 Å². The fraction of sp³-hybridized carbons (Fsp3) is 1.00. The van der Waals surface area contributed by atoms with Crippen molar-refractivity contribution in [3.63, 3.8) is 0 Å². The number of piperazine rings is 1. The van der Waals surface area contributed by atoms with E-state index in [0.29, 0.717) is 6.04 Å². The molecule has 1 fully saturated rings. The molecule has 0 saturated carbocycles. The summed E-state index contributed by atoms with van der Waals surface area (Å²) in [5, 5.41) is 3.70. The molecule has 1 aliphatic rings. The molecule has 0 radical (unpaired) electrons. The fourth-order valence-electron chi connectivity index (χ4n) is 2.56. The zero-order valence-corrected chi connectivity index (χ0v) is 14.0. The van der Waals surface area contributed by atoms with E-state index < -0.39 is 0 Å². The van der Waals surface area contributed by atoms with Crippen molar-refractivity contribution in [2.75, 3.05) is 32.7 Å². The molecule has 1 saturated heterocycles. The third-order valence-corrected chi connectivity index (χ3v) is 4.95. The van der Waals surface area contributed by atoms with Gasteiger partial charge in [-0.15, -0.1) is 0 Å². The summed E-state index contributed by atoms with van der Waals surface area (Å²) in [5.74, 6) is 0. The van der Waals surface area contributed by atoms with E-state index in [1.807, 2.05) is 0 Å². The van der Waals surface area contributed by atoms with Gasteiger partial charge >= 0.3 is 0 Å². The number of nitrogens with zero attached hydrogens (tertiary/aromatic N) is 2. The van der Waals surface area contributed by atoms with Gasteiger partial charge in [-0.2, -0.15) is 0 Å². The minimum Gasteiger partial charge on any atom is -0.310 e. The summed E-state index contributed by atoms with van der Waals surface area (Å²) in [6.45, 7) is 19.8. The van der Waals surface area contributed by atoms with Gasteiger partial charge in [-0.3, -0.25) is 9.80 Å². The minimum atomic E-state index is 0.271. The average Bonchev–Trinajstić information content (AvgIpc) is 2.44. The number of hydrogen-bond acceptors (Lipinski definition) is 3. The smallest absolute Gasteiger partial charge is 0.0193 e. The second kappa shape index (κ2) is 7.61. The molecule has 3 nitrogen and oxygen atoms in total. The van der Waals surface area contributed by atoms with E-state index in [1.54, 1.807) is 0 Å². The van der Waals surface area contributed by atoms with Gasteiger partial charge in [0.05, 0.1) is 0 Å². The molecule has 2 unspecified atom stereocenters. The van der Waals surface area contributed by atoms with Crippen LogP contribution >= 0.6 is 0 Å². The Bertz CT molecular complexity index is 244. The van der Waals surface area contributed by atoms with Crippen molar-refractivity contribution < 1.29 is 0 Å². The Morgan fingerprint density at radius 2 is 1.42 bits per heavy atom. The van der Waals surface area contributed by atoms with Crippen molar-refractivity contribution in [1.29, 1.82) is 0 Å². The van der Waals surface area contributed by atoms with E-state index in [2.05, 4.69) is 56.7 Å². The largest absolute Gasteiger partial charge is 0.310 e. The van der Waals surface area contributed by atoms with Gasteiger partial charge in [-0.1, -0.05) is 13.8 Å².